The van der Waals surface area contributed by atoms with Gasteiger partial charge in [0.05, 0.1) is 32.5 Å². The van der Waals surface area contributed by atoms with Gasteiger partial charge in [-0.1, -0.05) is 30.7 Å². The number of ether oxygens (including phenoxy) is 3. The molecule has 0 aromatic heterocycles. The van der Waals surface area contributed by atoms with Crippen LogP contribution in [0.3, 0.4) is 0 Å². The fraction of sp³-hybridized carbons (Fsp3) is 0.600. The molecule has 0 bridgehead atoms. The third kappa shape index (κ3) is 7.22. The smallest absolute Gasteiger partial charge is 0.0950 e. The first kappa shape index (κ1) is 17.4. The van der Waals surface area contributed by atoms with Crippen molar-refractivity contribution in [2.24, 2.45) is 0 Å². The SMILES string of the molecule is CCNCC(OCCOCCOC)c1ccc(Cl)cc1. The van der Waals surface area contributed by atoms with E-state index in [0.717, 1.165) is 23.7 Å². The molecule has 1 rings (SSSR count). The van der Waals surface area contributed by atoms with E-state index in [2.05, 4.69) is 12.2 Å². The van der Waals surface area contributed by atoms with Crippen LogP contribution in [0.1, 0.15) is 18.6 Å². The first-order chi connectivity index (χ1) is 9.77. The second-order valence-corrected chi connectivity index (χ2v) is 4.76. The molecular formula is C15H24ClNO3. The lowest BCUT2D eigenvalue weighted by Crippen LogP contribution is -2.24. The number of methoxy groups -OCH3 is 1. The zero-order chi connectivity index (χ0) is 14.6. The summed E-state index contributed by atoms with van der Waals surface area (Å²) in [4.78, 5) is 0. The van der Waals surface area contributed by atoms with Crippen molar-refractivity contribution in [3.63, 3.8) is 0 Å². The van der Waals surface area contributed by atoms with Crippen LogP contribution in [-0.4, -0.2) is 46.6 Å². The fourth-order valence-corrected chi connectivity index (χ4v) is 1.85. The summed E-state index contributed by atoms with van der Waals surface area (Å²) >= 11 is 5.91. The van der Waals surface area contributed by atoms with E-state index in [1.807, 2.05) is 24.3 Å². The van der Waals surface area contributed by atoms with Gasteiger partial charge < -0.3 is 19.5 Å². The summed E-state index contributed by atoms with van der Waals surface area (Å²) in [5.41, 5.74) is 1.12. The minimum Gasteiger partial charge on any atom is -0.382 e. The minimum absolute atomic E-state index is 0.0123. The van der Waals surface area contributed by atoms with Crippen LogP contribution in [-0.2, 0) is 14.2 Å². The minimum atomic E-state index is 0.0123. The third-order valence-electron chi connectivity index (χ3n) is 2.80. The molecule has 1 N–H and O–H groups in total. The average Bonchev–Trinajstić information content (AvgIpc) is 2.47. The predicted octanol–water partition coefficient (Wildman–Crippen LogP) is 2.67. The van der Waals surface area contributed by atoms with Crippen molar-refractivity contribution in [1.29, 1.82) is 0 Å². The molecule has 1 aromatic rings. The molecule has 0 heterocycles. The quantitative estimate of drug-likeness (QED) is 0.638. The molecule has 5 heteroatoms. The third-order valence-corrected chi connectivity index (χ3v) is 3.05. The van der Waals surface area contributed by atoms with Gasteiger partial charge in [0.25, 0.3) is 0 Å². The highest BCUT2D eigenvalue weighted by Gasteiger charge is 2.11. The van der Waals surface area contributed by atoms with Gasteiger partial charge in [-0.25, -0.2) is 0 Å². The Labute approximate surface area is 126 Å². The van der Waals surface area contributed by atoms with Crippen LogP contribution in [0, 0.1) is 0 Å². The van der Waals surface area contributed by atoms with Gasteiger partial charge in [0.1, 0.15) is 0 Å². The van der Waals surface area contributed by atoms with Crippen LogP contribution in [0.5, 0.6) is 0 Å². The molecule has 20 heavy (non-hydrogen) atoms. The Morgan fingerprint density at radius 2 is 1.80 bits per heavy atom. The van der Waals surface area contributed by atoms with Crippen molar-refractivity contribution < 1.29 is 14.2 Å². The van der Waals surface area contributed by atoms with Gasteiger partial charge >= 0.3 is 0 Å². The van der Waals surface area contributed by atoms with E-state index < -0.39 is 0 Å². The van der Waals surface area contributed by atoms with Crippen molar-refractivity contribution >= 4 is 11.6 Å². The molecule has 4 nitrogen and oxygen atoms in total. The second kappa shape index (κ2) is 11.1. The number of nitrogens with one attached hydrogen (secondary N) is 1. The molecule has 0 aliphatic rings. The van der Waals surface area contributed by atoms with E-state index in [-0.39, 0.29) is 6.10 Å². The van der Waals surface area contributed by atoms with E-state index in [0.29, 0.717) is 26.4 Å². The lowest BCUT2D eigenvalue weighted by atomic mass is 10.1. The number of likely N-dealkylation sites (N-methyl/N-ethyl adjacent to an activating group) is 1. The first-order valence-electron chi connectivity index (χ1n) is 6.92. The molecule has 0 fully saturated rings. The van der Waals surface area contributed by atoms with Gasteiger partial charge in [0.2, 0.25) is 0 Å². The highest BCUT2D eigenvalue weighted by atomic mass is 35.5. The summed E-state index contributed by atoms with van der Waals surface area (Å²) < 4.78 is 16.2. The molecular weight excluding hydrogens is 278 g/mol. The largest absolute Gasteiger partial charge is 0.382 e. The van der Waals surface area contributed by atoms with E-state index in [4.69, 9.17) is 25.8 Å². The lowest BCUT2D eigenvalue weighted by Gasteiger charge is -2.19. The molecule has 114 valence electrons. The van der Waals surface area contributed by atoms with Crippen molar-refractivity contribution in [2.45, 2.75) is 13.0 Å². The maximum Gasteiger partial charge on any atom is 0.0950 e. The van der Waals surface area contributed by atoms with Crippen LogP contribution in [0.2, 0.25) is 5.02 Å². The molecule has 0 aliphatic carbocycles. The molecule has 1 atom stereocenters. The predicted molar refractivity (Wildman–Crippen MR) is 81.4 cm³/mol. The monoisotopic (exact) mass is 301 g/mol. The van der Waals surface area contributed by atoms with Crippen LogP contribution < -0.4 is 5.32 Å². The van der Waals surface area contributed by atoms with Crippen LogP contribution >= 0.6 is 11.6 Å². The molecule has 0 saturated heterocycles. The van der Waals surface area contributed by atoms with Crippen molar-refractivity contribution in [3.05, 3.63) is 34.9 Å². The number of hydrogen-bond acceptors (Lipinski definition) is 4. The normalized spacial score (nSPS) is 12.6. The van der Waals surface area contributed by atoms with Crippen molar-refractivity contribution in [2.75, 3.05) is 46.6 Å². The molecule has 0 aliphatic heterocycles. The second-order valence-electron chi connectivity index (χ2n) is 4.32. The highest BCUT2D eigenvalue weighted by molar-refractivity contribution is 6.30. The number of halogens is 1. The van der Waals surface area contributed by atoms with Crippen LogP contribution in [0.4, 0.5) is 0 Å². The Morgan fingerprint density at radius 3 is 2.45 bits per heavy atom. The summed E-state index contributed by atoms with van der Waals surface area (Å²) in [6, 6.07) is 7.76. The molecule has 1 unspecified atom stereocenters. The van der Waals surface area contributed by atoms with E-state index >= 15 is 0 Å². The van der Waals surface area contributed by atoms with Crippen LogP contribution in [0.15, 0.2) is 24.3 Å². The molecule has 0 spiro atoms. The Hall–Kier alpha value is -0.650. The summed E-state index contributed by atoms with van der Waals surface area (Å²) in [5.74, 6) is 0. The topological polar surface area (TPSA) is 39.7 Å². The Bertz CT molecular complexity index is 345. The van der Waals surface area contributed by atoms with Gasteiger partial charge in [0, 0.05) is 18.7 Å². The molecule has 0 saturated carbocycles. The van der Waals surface area contributed by atoms with Crippen LogP contribution in [0.25, 0.3) is 0 Å². The fourth-order valence-electron chi connectivity index (χ4n) is 1.72. The standard InChI is InChI=1S/C15H24ClNO3/c1-3-17-12-15(13-4-6-14(16)7-5-13)20-11-10-19-9-8-18-2/h4-7,15,17H,3,8-12H2,1-2H3. The number of rotatable bonds is 11. The highest BCUT2D eigenvalue weighted by Crippen LogP contribution is 2.19. The maximum atomic E-state index is 5.91. The zero-order valence-electron chi connectivity index (χ0n) is 12.2. The maximum absolute atomic E-state index is 5.91. The van der Waals surface area contributed by atoms with Crippen molar-refractivity contribution in [3.8, 4) is 0 Å². The van der Waals surface area contributed by atoms with Crippen molar-refractivity contribution in [1.82, 2.24) is 5.32 Å². The zero-order valence-corrected chi connectivity index (χ0v) is 13.0. The summed E-state index contributed by atoms with van der Waals surface area (Å²) in [6.45, 7) is 6.10. The average molecular weight is 302 g/mol. The van der Waals surface area contributed by atoms with Gasteiger partial charge in [-0.2, -0.15) is 0 Å². The molecule has 1 aromatic carbocycles. The Morgan fingerprint density at radius 1 is 1.10 bits per heavy atom. The molecule has 0 amide bonds. The molecule has 0 radical (unpaired) electrons. The van der Waals surface area contributed by atoms with Gasteiger partial charge in [-0.05, 0) is 24.2 Å². The van der Waals surface area contributed by atoms with E-state index in [1.165, 1.54) is 0 Å². The summed E-state index contributed by atoms with van der Waals surface area (Å²) in [5, 5.41) is 4.04. The lowest BCUT2D eigenvalue weighted by molar-refractivity contribution is -0.00671. The van der Waals surface area contributed by atoms with E-state index in [9.17, 15) is 0 Å². The van der Waals surface area contributed by atoms with Gasteiger partial charge in [-0.3, -0.25) is 0 Å². The Balaban J connectivity index is 2.37. The summed E-state index contributed by atoms with van der Waals surface area (Å²) in [7, 11) is 1.66. The Kier molecular flexibility index (Phi) is 9.62. The van der Waals surface area contributed by atoms with Gasteiger partial charge in [0.15, 0.2) is 0 Å². The van der Waals surface area contributed by atoms with Gasteiger partial charge in [-0.15, -0.1) is 0 Å². The van der Waals surface area contributed by atoms with E-state index in [1.54, 1.807) is 7.11 Å². The summed E-state index contributed by atoms with van der Waals surface area (Å²) in [6.07, 6.45) is 0.0123. The number of hydrogen-bond donors (Lipinski definition) is 1. The number of benzene rings is 1. The first-order valence-corrected chi connectivity index (χ1v) is 7.30.